The van der Waals surface area contributed by atoms with Crippen LogP contribution in [0.2, 0.25) is 0 Å². The number of nitrogens with zero attached hydrogens (tertiary/aromatic N) is 7. The molecule has 0 aliphatic rings. The fourth-order valence-electron chi connectivity index (χ4n) is 3.03. The van der Waals surface area contributed by atoms with Gasteiger partial charge in [-0.2, -0.15) is 20.1 Å². The third kappa shape index (κ3) is 6.55. The maximum atomic E-state index is 13.1. The van der Waals surface area contributed by atoms with Crippen molar-refractivity contribution in [1.82, 2.24) is 34.7 Å². The van der Waals surface area contributed by atoms with Gasteiger partial charge < -0.3 is 4.90 Å². The first-order valence-corrected chi connectivity index (χ1v) is 10.7. The molecule has 3 heterocycles. The van der Waals surface area contributed by atoms with E-state index in [4.69, 9.17) is 0 Å². The van der Waals surface area contributed by atoms with Crippen LogP contribution in [0.5, 0.6) is 0 Å². The number of carbonyl (C=O) groups excluding carboxylic acids is 1. The van der Waals surface area contributed by atoms with Gasteiger partial charge in [0.2, 0.25) is 5.91 Å². The first kappa shape index (κ1) is 23.8. The molecule has 0 spiro atoms. The largest absolute Gasteiger partial charge is 0.335 e. The average molecular weight is 450 g/mol. The number of aromatic nitrogens is 6. The van der Waals surface area contributed by atoms with Crippen LogP contribution in [0.25, 0.3) is 17.1 Å². The van der Waals surface area contributed by atoms with E-state index in [0.29, 0.717) is 30.2 Å². The Morgan fingerprint density at radius 1 is 1.15 bits per heavy atom. The lowest BCUT2D eigenvalue weighted by Crippen LogP contribution is -2.38. The summed E-state index contributed by atoms with van der Waals surface area (Å²) in [6.45, 7) is 8.83. The minimum Gasteiger partial charge on any atom is -0.335 e. The minimum atomic E-state index is -0.391. The van der Waals surface area contributed by atoms with Gasteiger partial charge in [-0.15, -0.1) is 0 Å². The van der Waals surface area contributed by atoms with Crippen molar-refractivity contribution in [2.75, 3.05) is 6.54 Å². The number of allylic oxidation sites excluding steroid dienone is 5. The summed E-state index contributed by atoms with van der Waals surface area (Å²) in [6, 6.07) is 4.74. The van der Waals surface area contributed by atoms with Crippen molar-refractivity contribution >= 4 is 11.6 Å². The molecule has 172 valence electrons. The molecule has 0 atom stereocenters. The molecule has 8 nitrogen and oxygen atoms in total. The molecule has 0 saturated carbocycles. The minimum absolute atomic E-state index is 0.0179. The van der Waals surface area contributed by atoms with Gasteiger partial charge in [0.05, 0.1) is 36.5 Å². The molecular weight excluding hydrogens is 421 g/mol. The number of hydrogen-bond acceptors (Lipinski definition) is 5. The summed E-state index contributed by atoms with van der Waals surface area (Å²) in [5.74, 6) is -0.537. The SMILES string of the molecule is C\C=C(C)/C=C\C(=C\C(=O)N(CCn1ccc(-c2ccc(F)cn2)n1)C(C)C)n1nccn1. The lowest BCUT2D eigenvalue weighted by atomic mass is 10.2. The van der Waals surface area contributed by atoms with Crippen LogP contribution in [0, 0.1) is 5.82 Å². The molecule has 0 radical (unpaired) electrons. The molecule has 0 fully saturated rings. The molecule has 0 saturated heterocycles. The smallest absolute Gasteiger partial charge is 0.249 e. The molecule has 9 heteroatoms. The van der Waals surface area contributed by atoms with Crippen molar-refractivity contribution < 1.29 is 9.18 Å². The average Bonchev–Trinajstić information content (AvgIpc) is 3.49. The standard InChI is InChI=1S/C24H28FN7O/c1-5-19(4)6-8-21(32-27-11-12-28-32)16-24(33)31(18(2)3)15-14-30-13-10-23(29-30)22-9-7-20(25)17-26-22/h5-13,16-18H,14-15H2,1-4H3/b8-6-,19-5-,21-16-. The summed E-state index contributed by atoms with van der Waals surface area (Å²) < 4.78 is 14.9. The quantitative estimate of drug-likeness (QED) is 0.365. The molecular formula is C24H28FN7O. The van der Waals surface area contributed by atoms with Gasteiger partial charge in [-0.1, -0.05) is 17.7 Å². The Hall–Kier alpha value is -3.88. The molecule has 0 N–H and O–H groups in total. The summed E-state index contributed by atoms with van der Waals surface area (Å²) in [5.41, 5.74) is 2.87. The highest BCUT2D eigenvalue weighted by atomic mass is 19.1. The highest BCUT2D eigenvalue weighted by Gasteiger charge is 2.17. The van der Waals surface area contributed by atoms with E-state index in [-0.39, 0.29) is 11.9 Å². The zero-order valence-corrected chi connectivity index (χ0v) is 19.3. The first-order chi connectivity index (χ1) is 15.9. The number of hydrogen-bond donors (Lipinski definition) is 0. The third-order valence-corrected chi connectivity index (χ3v) is 5.00. The van der Waals surface area contributed by atoms with Crippen molar-refractivity contribution in [2.45, 2.75) is 40.3 Å². The van der Waals surface area contributed by atoms with Gasteiger partial charge in [0, 0.05) is 24.9 Å². The zero-order valence-electron chi connectivity index (χ0n) is 19.3. The molecule has 3 aromatic heterocycles. The van der Waals surface area contributed by atoms with E-state index in [2.05, 4.69) is 20.3 Å². The highest BCUT2D eigenvalue weighted by Crippen LogP contribution is 2.14. The van der Waals surface area contributed by atoms with Crippen molar-refractivity contribution in [3.63, 3.8) is 0 Å². The number of carbonyl (C=O) groups is 1. The Morgan fingerprint density at radius 2 is 1.91 bits per heavy atom. The fraction of sp³-hybridized carbons (Fsp3) is 0.292. The first-order valence-electron chi connectivity index (χ1n) is 10.7. The Kier molecular flexibility index (Phi) is 8.01. The van der Waals surface area contributed by atoms with Crippen LogP contribution in [0.15, 0.2) is 72.9 Å². The van der Waals surface area contributed by atoms with Crippen LogP contribution in [0.3, 0.4) is 0 Å². The van der Waals surface area contributed by atoms with Crippen LogP contribution in [-0.2, 0) is 11.3 Å². The Balaban J connectivity index is 1.74. The Morgan fingerprint density at radius 3 is 2.55 bits per heavy atom. The Bertz CT molecular complexity index is 1140. The van der Waals surface area contributed by atoms with Crippen molar-refractivity contribution in [3.8, 4) is 11.4 Å². The number of rotatable bonds is 9. The summed E-state index contributed by atoms with van der Waals surface area (Å²) in [5, 5.41) is 12.8. The van der Waals surface area contributed by atoms with Gasteiger partial charge in [-0.3, -0.25) is 14.5 Å². The van der Waals surface area contributed by atoms with E-state index >= 15 is 0 Å². The molecule has 33 heavy (non-hydrogen) atoms. The maximum absolute atomic E-state index is 13.1. The molecule has 0 aliphatic carbocycles. The lowest BCUT2D eigenvalue weighted by Gasteiger charge is -2.25. The highest BCUT2D eigenvalue weighted by molar-refractivity contribution is 5.94. The van der Waals surface area contributed by atoms with Crippen molar-refractivity contribution in [3.05, 3.63) is 78.7 Å². The van der Waals surface area contributed by atoms with E-state index in [1.54, 1.807) is 28.0 Å². The molecule has 0 bridgehead atoms. The zero-order chi connectivity index (χ0) is 23.8. The number of pyridine rings is 1. The van der Waals surface area contributed by atoms with E-state index in [0.717, 1.165) is 11.8 Å². The second kappa shape index (κ2) is 11.1. The second-order valence-electron chi connectivity index (χ2n) is 7.70. The fourth-order valence-corrected chi connectivity index (χ4v) is 3.03. The number of halogens is 1. The van der Waals surface area contributed by atoms with E-state index in [9.17, 15) is 9.18 Å². The van der Waals surface area contributed by atoms with Crippen LogP contribution >= 0.6 is 0 Å². The molecule has 0 unspecified atom stereocenters. The van der Waals surface area contributed by atoms with Crippen LogP contribution < -0.4 is 0 Å². The van der Waals surface area contributed by atoms with Gasteiger partial charge in [0.1, 0.15) is 11.5 Å². The molecule has 0 aromatic carbocycles. The molecule has 1 amide bonds. The molecule has 3 rings (SSSR count). The van der Waals surface area contributed by atoms with Gasteiger partial charge >= 0.3 is 0 Å². The lowest BCUT2D eigenvalue weighted by molar-refractivity contribution is -0.127. The maximum Gasteiger partial charge on any atom is 0.249 e. The Labute approximate surface area is 192 Å². The van der Waals surface area contributed by atoms with Crippen LogP contribution in [0.1, 0.15) is 27.7 Å². The van der Waals surface area contributed by atoms with Gasteiger partial charge in [-0.05, 0) is 52.0 Å². The second-order valence-corrected chi connectivity index (χ2v) is 7.70. The van der Waals surface area contributed by atoms with Crippen LogP contribution in [0.4, 0.5) is 4.39 Å². The van der Waals surface area contributed by atoms with Gasteiger partial charge in [0.15, 0.2) is 0 Å². The van der Waals surface area contributed by atoms with Gasteiger partial charge in [0.25, 0.3) is 0 Å². The normalized spacial score (nSPS) is 12.7. The molecule has 0 aliphatic heterocycles. The van der Waals surface area contributed by atoms with Crippen molar-refractivity contribution in [1.29, 1.82) is 0 Å². The van der Waals surface area contributed by atoms with Gasteiger partial charge in [-0.25, -0.2) is 4.39 Å². The van der Waals surface area contributed by atoms with E-state index in [1.165, 1.54) is 16.9 Å². The number of amides is 1. The van der Waals surface area contributed by atoms with E-state index < -0.39 is 5.82 Å². The molecule has 3 aromatic rings. The summed E-state index contributed by atoms with van der Waals surface area (Å²) >= 11 is 0. The summed E-state index contributed by atoms with van der Waals surface area (Å²) in [7, 11) is 0. The third-order valence-electron chi connectivity index (χ3n) is 5.00. The predicted molar refractivity (Wildman–Crippen MR) is 125 cm³/mol. The van der Waals surface area contributed by atoms with Crippen LogP contribution in [-0.4, -0.2) is 53.2 Å². The topological polar surface area (TPSA) is 81.7 Å². The van der Waals surface area contributed by atoms with Crippen molar-refractivity contribution in [2.24, 2.45) is 0 Å². The van der Waals surface area contributed by atoms with E-state index in [1.807, 2.05) is 58.2 Å². The summed E-state index contributed by atoms with van der Waals surface area (Å²) in [4.78, 5) is 20.4. The monoisotopic (exact) mass is 449 g/mol. The summed E-state index contributed by atoms with van der Waals surface area (Å²) in [6.07, 6.45) is 13.4. The predicted octanol–water partition coefficient (Wildman–Crippen LogP) is 3.98.